The Hall–Kier alpha value is -2.12. The third kappa shape index (κ3) is 3.14. The summed E-state index contributed by atoms with van der Waals surface area (Å²) in [6, 6.07) is -0.175. The number of nitrogens with one attached hydrogen (secondary N) is 1. The number of urea groups is 1. The summed E-state index contributed by atoms with van der Waals surface area (Å²) in [5.41, 5.74) is -0.794. The van der Waals surface area contributed by atoms with Gasteiger partial charge in [0.15, 0.2) is 0 Å². The number of H-pyrrole nitrogens is 1. The molecular formula is C13H21N5O3. The highest BCUT2D eigenvalue weighted by atomic mass is 16.4. The number of carbonyl (C=O) groups excluding carboxylic acids is 1. The first-order valence-corrected chi connectivity index (χ1v) is 7.06. The lowest BCUT2D eigenvalue weighted by Gasteiger charge is -2.27. The van der Waals surface area contributed by atoms with Crippen LogP contribution in [0.5, 0.6) is 0 Å². The Balaban J connectivity index is 1.99. The maximum absolute atomic E-state index is 12.4. The first-order chi connectivity index (χ1) is 9.98. The van der Waals surface area contributed by atoms with Crippen LogP contribution < -0.4 is 0 Å². The van der Waals surface area contributed by atoms with E-state index in [-0.39, 0.29) is 12.6 Å². The van der Waals surface area contributed by atoms with E-state index >= 15 is 0 Å². The van der Waals surface area contributed by atoms with Crippen molar-refractivity contribution in [3.8, 4) is 0 Å². The van der Waals surface area contributed by atoms with Gasteiger partial charge >= 0.3 is 12.0 Å². The molecule has 2 N–H and O–H groups in total. The summed E-state index contributed by atoms with van der Waals surface area (Å²) in [4.78, 5) is 31.0. The van der Waals surface area contributed by atoms with Gasteiger partial charge in [-0.3, -0.25) is 9.89 Å². The molecule has 1 aliphatic rings. The number of likely N-dealkylation sites (tertiary alicyclic amines) is 1. The number of hydrogen-bond acceptors (Lipinski definition) is 4. The number of carboxylic acids is 1. The number of carbonyl (C=O) groups is 2. The minimum atomic E-state index is -0.808. The van der Waals surface area contributed by atoms with Crippen molar-refractivity contribution >= 4 is 12.0 Å². The molecule has 0 saturated carbocycles. The third-order valence-electron chi connectivity index (χ3n) is 3.98. The second-order valence-corrected chi connectivity index (χ2v) is 5.58. The quantitative estimate of drug-likeness (QED) is 0.841. The second-order valence-electron chi connectivity index (χ2n) is 5.58. The highest BCUT2D eigenvalue weighted by Gasteiger charge is 2.45. The van der Waals surface area contributed by atoms with Gasteiger partial charge in [-0.25, -0.2) is 9.78 Å². The average Bonchev–Trinajstić information content (AvgIpc) is 3.08. The molecule has 0 radical (unpaired) electrons. The van der Waals surface area contributed by atoms with E-state index in [0.717, 1.165) is 6.42 Å². The summed E-state index contributed by atoms with van der Waals surface area (Å²) in [5, 5.41) is 15.9. The molecule has 1 saturated heterocycles. The molecule has 8 heteroatoms. The molecule has 2 rings (SSSR count). The molecule has 1 aromatic heterocycles. The molecule has 1 aromatic rings. The highest BCUT2D eigenvalue weighted by Crippen LogP contribution is 2.35. The Morgan fingerprint density at radius 2 is 2.33 bits per heavy atom. The van der Waals surface area contributed by atoms with E-state index in [9.17, 15) is 14.7 Å². The number of amides is 2. The fourth-order valence-electron chi connectivity index (χ4n) is 2.84. The number of hydrogen-bond donors (Lipinski definition) is 2. The molecule has 8 nitrogen and oxygen atoms in total. The normalized spacial score (nSPS) is 21.5. The van der Waals surface area contributed by atoms with Crippen LogP contribution in [-0.4, -0.2) is 62.2 Å². The number of nitrogens with zero attached hydrogens (tertiary/aromatic N) is 4. The number of carboxylic acid groups (broad SMARTS) is 1. The van der Waals surface area contributed by atoms with E-state index in [0.29, 0.717) is 31.8 Å². The molecule has 0 aromatic carbocycles. The predicted molar refractivity (Wildman–Crippen MR) is 74.4 cm³/mol. The maximum Gasteiger partial charge on any atom is 0.320 e. The van der Waals surface area contributed by atoms with Gasteiger partial charge < -0.3 is 14.9 Å². The Kier molecular flexibility index (Phi) is 4.44. The SMILES string of the molecule is CCCC1(C(=O)O)CCN(C(=O)N(C)Cc2ncn[nH]2)C1. The largest absolute Gasteiger partial charge is 0.481 e. The maximum atomic E-state index is 12.4. The first kappa shape index (κ1) is 15.3. The van der Waals surface area contributed by atoms with Crippen LogP contribution in [0.2, 0.25) is 0 Å². The molecule has 2 amide bonds. The molecular weight excluding hydrogens is 274 g/mol. The zero-order valence-corrected chi connectivity index (χ0v) is 12.4. The van der Waals surface area contributed by atoms with Crippen LogP contribution in [0.25, 0.3) is 0 Å². The summed E-state index contributed by atoms with van der Waals surface area (Å²) < 4.78 is 0. The van der Waals surface area contributed by atoms with E-state index in [1.165, 1.54) is 11.2 Å². The summed E-state index contributed by atoms with van der Waals surface area (Å²) in [6.45, 7) is 3.04. The lowest BCUT2D eigenvalue weighted by molar-refractivity contribution is -0.148. The number of aromatic amines is 1. The van der Waals surface area contributed by atoms with Gasteiger partial charge in [-0.1, -0.05) is 13.3 Å². The van der Waals surface area contributed by atoms with Crippen LogP contribution in [0, 0.1) is 5.41 Å². The highest BCUT2D eigenvalue weighted by molar-refractivity contribution is 5.79. The van der Waals surface area contributed by atoms with Gasteiger partial charge in [0.05, 0.1) is 12.0 Å². The van der Waals surface area contributed by atoms with Crippen LogP contribution in [0.3, 0.4) is 0 Å². The molecule has 1 aliphatic heterocycles. The molecule has 0 bridgehead atoms. The Bertz CT molecular complexity index is 504. The Morgan fingerprint density at radius 1 is 1.57 bits per heavy atom. The van der Waals surface area contributed by atoms with E-state index < -0.39 is 11.4 Å². The smallest absolute Gasteiger partial charge is 0.320 e. The van der Waals surface area contributed by atoms with Crippen LogP contribution in [0.1, 0.15) is 32.0 Å². The molecule has 116 valence electrons. The molecule has 2 heterocycles. The zero-order chi connectivity index (χ0) is 15.5. The topological polar surface area (TPSA) is 102 Å². The van der Waals surface area contributed by atoms with Crippen molar-refractivity contribution in [2.24, 2.45) is 5.41 Å². The molecule has 1 unspecified atom stereocenters. The Labute approximate surface area is 123 Å². The first-order valence-electron chi connectivity index (χ1n) is 7.06. The van der Waals surface area contributed by atoms with Gasteiger partial charge in [-0.15, -0.1) is 0 Å². The number of aromatic nitrogens is 3. The van der Waals surface area contributed by atoms with Crippen molar-refractivity contribution in [3.63, 3.8) is 0 Å². The van der Waals surface area contributed by atoms with Crippen molar-refractivity contribution in [2.75, 3.05) is 20.1 Å². The fourth-order valence-corrected chi connectivity index (χ4v) is 2.84. The van der Waals surface area contributed by atoms with Crippen LogP contribution in [-0.2, 0) is 11.3 Å². The molecule has 1 atom stereocenters. The van der Waals surface area contributed by atoms with E-state index in [1.807, 2.05) is 6.92 Å². The van der Waals surface area contributed by atoms with Crippen LogP contribution in [0.15, 0.2) is 6.33 Å². The van der Waals surface area contributed by atoms with Crippen LogP contribution in [0.4, 0.5) is 4.79 Å². The number of aliphatic carboxylic acids is 1. The molecule has 0 spiro atoms. The molecule has 1 fully saturated rings. The summed E-state index contributed by atoms with van der Waals surface area (Å²) in [7, 11) is 1.67. The van der Waals surface area contributed by atoms with Gasteiger partial charge in [-0.2, -0.15) is 5.10 Å². The van der Waals surface area contributed by atoms with Crippen molar-refractivity contribution in [1.29, 1.82) is 0 Å². The third-order valence-corrected chi connectivity index (χ3v) is 3.98. The van der Waals surface area contributed by atoms with Crippen molar-refractivity contribution in [3.05, 3.63) is 12.2 Å². The van der Waals surface area contributed by atoms with E-state index in [1.54, 1.807) is 11.9 Å². The zero-order valence-electron chi connectivity index (χ0n) is 12.4. The summed E-state index contributed by atoms with van der Waals surface area (Å²) in [5.74, 6) is -0.208. The van der Waals surface area contributed by atoms with Gasteiger partial charge in [0.2, 0.25) is 0 Å². The fraction of sp³-hybridized carbons (Fsp3) is 0.692. The van der Waals surface area contributed by atoms with Gasteiger partial charge in [0.25, 0.3) is 0 Å². The van der Waals surface area contributed by atoms with Gasteiger partial charge in [0.1, 0.15) is 12.2 Å². The molecule has 21 heavy (non-hydrogen) atoms. The van der Waals surface area contributed by atoms with Gasteiger partial charge in [-0.05, 0) is 12.8 Å². The van der Waals surface area contributed by atoms with E-state index in [4.69, 9.17) is 0 Å². The summed E-state index contributed by atoms with van der Waals surface area (Å²) >= 11 is 0. The predicted octanol–water partition coefficient (Wildman–Crippen LogP) is 0.933. The van der Waals surface area contributed by atoms with E-state index in [2.05, 4.69) is 15.2 Å². The Morgan fingerprint density at radius 3 is 2.90 bits per heavy atom. The summed E-state index contributed by atoms with van der Waals surface area (Å²) in [6.07, 6.45) is 3.29. The monoisotopic (exact) mass is 295 g/mol. The van der Waals surface area contributed by atoms with Crippen molar-refractivity contribution in [1.82, 2.24) is 25.0 Å². The van der Waals surface area contributed by atoms with Crippen LogP contribution >= 0.6 is 0 Å². The minimum Gasteiger partial charge on any atom is -0.481 e. The second kappa shape index (κ2) is 6.11. The van der Waals surface area contributed by atoms with Gasteiger partial charge in [0, 0.05) is 20.1 Å². The number of rotatable bonds is 5. The lowest BCUT2D eigenvalue weighted by atomic mass is 9.83. The minimum absolute atomic E-state index is 0.175. The lowest BCUT2D eigenvalue weighted by Crippen LogP contribution is -2.42. The van der Waals surface area contributed by atoms with Crippen molar-refractivity contribution < 1.29 is 14.7 Å². The standard InChI is InChI=1S/C13H21N5O3/c1-3-4-13(11(19)20)5-6-18(8-13)12(21)17(2)7-10-14-9-15-16-10/h9H,3-8H2,1-2H3,(H,19,20)(H,14,15,16). The van der Waals surface area contributed by atoms with Crippen molar-refractivity contribution in [2.45, 2.75) is 32.7 Å². The average molecular weight is 295 g/mol. The molecule has 0 aliphatic carbocycles.